The number of rotatable bonds is 4. The third-order valence-electron chi connectivity index (χ3n) is 13.7. The highest BCUT2D eigenvalue weighted by Gasteiger charge is 2.38. The van der Waals surface area contributed by atoms with E-state index in [0.717, 1.165) is 55.2 Å². The number of hydrogen-bond donors (Lipinski definition) is 0. The van der Waals surface area contributed by atoms with Crippen LogP contribution in [-0.4, -0.2) is 8.42 Å². The molecule has 0 atom stereocenters. The minimum atomic E-state index is -4.05. The quantitative estimate of drug-likeness (QED) is 0.166. The first-order valence-electron chi connectivity index (χ1n) is 21.4. The van der Waals surface area contributed by atoms with Gasteiger partial charge in [0.05, 0.1) is 22.7 Å². The maximum absolute atomic E-state index is 13.1. The first-order valence-corrected chi connectivity index (χ1v) is 22.8. The fraction of sp³-hybridized carbons (Fsp3) is 0.107. The van der Waals surface area contributed by atoms with Gasteiger partial charge in [0.15, 0.2) is 0 Å². The molecule has 0 bridgehead atoms. The van der Waals surface area contributed by atoms with Gasteiger partial charge in [-0.1, -0.05) is 149 Å². The van der Waals surface area contributed by atoms with Crippen LogP contribution >= 0.6 is 0 Å². The minimum Gasteiger partial charge on any atom is -0.310 e. The van der Waals surface area contributed by atoms with E-state index in [2.05, 4.69) is 228 Å². The molecule has 0 aromatic heterocycles. The lowest BCUT2D eigenvalue weighted by Crippen LogP contribution is -2.30. The van der Waals surface area contributed by atoms with Gasteiger partial charge in [0, 0.05) is 33.0 Å². The predicted molar refractivity (Wildman–Crippen MR) is 257 cm³/mol. The van der Waals surface area contributed by atoms with Gasteiger partial charge in [0.1, 0.15) is 10.7 Å². The maximum atomic E-state index is 13.1. The van der Waals surface area contributed by atoms with Crippen molar-refractivity contribution in [3.8, 4) is 22.3 Å². The lowest BCUT2D eigenvalue weighted by Gasteiger charge is -2.42. The van der Waals surface area contributed by atoms with Gasteiger partial charge in [0.25, 0.3) is 0 Å². The van der Waals surface area contributed by atoms with Gasteiger partial charge < -0.3 is 9.80 Å². The summed E-state index contributed by atoms with van der Waals surface area (Å²) in [5.74, 6) is 0. The van der Waals surface area contributed by atoms with Crippen LogP contribution in [0.15, 0.2) is 191 Å². The maximum Gasteiger partial charge on any atom is 0.364 e. The van der Waals surface area contributed by atoms with E-state index in [1.165, 1.54) is 45.0 Å². The van der Waals surface area contributed by atoms with E-state index < -0.39 is 10.2 Å². The number of fused-ring (bicyclic) bond motifs is 10. The fourth-order valence-corrected chi connectivity index (χ4v) is 11.4. The second kappa shape index (κ2) is 13.3. The van der Waals surface area contributed by atoms with E-state index in [0.29, 0.717) is 10.7 Å². The molecule has 3 heterocycles. The Labute approximate surface area is 367 Å². The minimum absolute atomic E-state index is 0.135. The largest absolute Gasteiger partial charge is 0.364 e. The van der Waals surface area contributed by atoms with Crippen LogP contribution in [0, 0.1) is 0 Å². The molecule has 6 nitrogen and oxygen atoms in total. The van der Waals surface area contributed by atoms with Gasteiger partial charge in [0.2, 0.25) is 0 Å². The van der Waals surface area contributed by atoms with Gasteiger partial charge in [-0.2, -0.15) is 8.42 Å². The molecule has 304 valence electrons. The number of nitrogens with zero attached hydrogens (tertiary/aromatic N) is 4. The molecule has 7 heteroatoms. The Balaban J connectivity index is 0.919. The SMILES string of the molecule is CC1(C)c2ccccc2N(c2ccc(-c3ccc4c(c3)c3c(c5cc(-c6ccc(N7c8ccccc8C(C)(C)c8ccccc87)cc6)ccc54)=NS(=O)(=O)N=3)cc2)c2ccccc21. The van der Waals surface area contributed by atoms with Gasteiger partial charge in [-0.3, -0.25) is 0 Å². The summed E-state index contributed by atoms with van der Waals surface area (Å²) in [7, 11) is -4.05. The molecule has 0 unspecified atom stereocenters. The molecule has 0 spiro atoms. The van der Waals surface area contributed by atoms with Crippen LogP contribution in [0.4, 0.5) is 34.1 Å². The van der Waals surface area contributed by atoms with E-state index in [1.54, 1.807) is 0 Å². The first-order chi connectivity index (χ1) is 30.5. The smallest absolute Gasteiger partial charge is 0.310 e. The monoisotopic (exact) mass is 834 g/mol. The molecule has 9 aromatic rings. The van der Waals surface area contributed by atoms with Crippen LogP contribution < -0.4 is 20.5 Å². The average molecular weight is 835 g/mol. The molecule has 12 rings (SSSR count). The predicted octanol–water partition coefficient (Wildman–Crippen LogP) is 13.0. The van der Waals surface area contributed by atoms with Crippen LogP contribution in [0.2, 0.25) is 0 Å². The Morgan fingerprint density at radius 1 is 0.365 bits per heavy atom. The van der Waals surface area contributed by atoms with Gasteiger partial charge in [-0.05, 0) is 116 Å². The lowest BCUT2D eigenvalue weighted by atomic mass is 9.73. The second-order valence-electron chi connectivity index (χ2n) is 17.9. The Bertz CT molecular complexity index is 3320. The van der Waals surface area contributed by atoms with E-state index in [-0.39, 0.29) is 10.8 Å². The zero-order valence-electron chi connectivity index (χ0n) is 35.3. The standard InChI is InChI=1S/C56H42N4O2S/c1-55(2)45-13-5-9-17-49(45)59(50-18-10-6-14-46(50)55)39-27-21-35(22-28-39)37-25-31-41-42-32-26-38(34-44(42)54-53(43(41)33-37)57-63(61,62)58-54)36-23-29-40(30-24-36)60-51-19-11-7-15-47(51)56(3,4)48-16-8-12-20-52(48)60/h5-34H,1-4H3. The van der Waals surface area contributed by atoms with Crippen molar-refractivity contribution in [1.29, 1.82) is 0 Å². The summed E-state index contributed by atoms with van der Waals surface area (Å²) in [4.78, 5) is 4.70. The average Bonchev–Trinajstić information content (AvgIpc) is 3.65. The van der Waals surface area contributed by atoms with Gasteiger partial charge in [-0.15, -0.1) is 8.80 Å². The Kier molecular flexibility index (Phi) is 7.91. The highest BCUT2D eigenvalue weighted by molar-refractivity contribution is 7.88. The lowest BCUT2D eigenvalue weighted by molar-refractivity contribution is 0.599. The third kappa shape index (κ3) is 5.59. The molecule has 0 amide bonds. The van der Waals surface area contributed by atoms with Crippen molar-refractivity contribution < 1.29 is 8.42 Å². The highest BCUT2D eigenvalue weighted by atomic mass is 32.2. The summed E-state index contributed by atoms with van der Waals surface area (Å²) in [6.07, 6.45) is 0. The Morgan fingerprint density at radius 3 is 1.00 bits per heavy atom. The van der Waals surface area contributed by atoms with Gasteiger partial charge >= 0.3 is 10.2 Å². The zero-order valence-corrected chi connectivity index (χ0v) is 36.2. The number of benzene rings is 9. The van der Waals surface area contributed by atoms with Crippen molar-refractivity contribution in [2.75, 3.05) is 9.80 Å². The van der Waals surface area contributed by atoms with Crippen molar-refractivity contribution in [1.82, 2.24) is 0 Å². The molecule has 0 aliphatic carbocycles. The Morgan fingerprint density at radius 2 is 0.667 bits per heavy atom. The summed E-state index contributed by atoms with van der Waals surface area (Å²) in [6.45, 7) is 9.18. The van der Waals surface area contributed by atoms with Crippen molar-refractivity contribution in [2.24, 2.45) is 8.80 Å². The molecule has 0 fully saturated rings. The number of para-hydroxylation sites is 4. The molecule has 0 radical (unpaired) electrons. The van der Waals surface area contributed by atoms with Crippen molar-refractivity contribution >= 4 is 65.9 Å². The van der Waals surface area contributed by atoms with Crippen LogP contribution in [0.5, 0.6) is 0 Å². The molecule has 0 N–H and O–H groups in total. The molecule has 63 heavy (non-hydrogen) atoms. The van der Waals surface area contributed by atoms with Crippen LogP contribution in [-0.2, 0) is 21.0 Å². The zero-order chi connectivity index (χ0) is 42.8. The normalized spacial score (nSPS) is 16.0. The molecule has 9 aromatic carbocycles. The van der Waals surface area contributed by atoms with Crippen LogP contribution in [0.3, 0.4) is 0 Å². The topological polar surface area (TPSA) is 65.3 Å². The van der Waals surface area contributed by atoms with E-state index in [4.69, 9.17) is 0 Å². The van der Waals surface area contributed by atoms with E-state index >= 15 is 0 Å². The van der Waals surface area contributed by atoms with Crippen molar-refractivity contribution in [3.05, 3.63) is 215 Å². The molecule has 0 saturated carbocycles. The fourth-order valence-electron chi connectivity index (χ4n) is 10.5. The van der Waals surface area contributed by atoms with Crippen molar-refractivity contribution in [2.45, 2.75) is 38.5 Å². The second-order valence-corrected chi connectivity index (χ2v) is 19.2. The summed E-state index contributed by atoms with van der Waals surface area (Å²) in [5, 5.41) is 4.14. The Hall–Kier alpha value is -7.35. The summed E-state index contributed by atoms with van der Waals surface area (Å²) < 4.78 is 34.8. The highest BCUT2D eigenvalue weighted by Crippen LogP contribution is 2.53. The summed E-state index contributed by atoms with van der Waals surface area (Å²) in [5.41, 5.74) is 15.7. The van der Waals surface area contributed by atoms with E-state index in [1.807, 2.05) is 0 Å². The molecular formula is C56H42N4O2S. The number of anilines is 6. The first kappa shape index (κ1) is 37.4. The van der Waals surface area contributed by atoms with Crippen molar-refractivity contribution in [3.63, 3.8) is 0 Å². The third-order valence-corrected chi connectivity index (χ3v) is 14.5. The molecular weight excluding hydrogens is 793 g/mol. The van der Waals surface area contributed by atoms with Crippen LogP contribution in [0.1, 0.15) is 49.9 Å². The summed E-state index contributed by atoms with van der Waals surface area (Å²) >= 11 is 0. The van der Waals surface area contributed by atoms with E-state index in [9.17, 15) is 8.42 Å². The van der Waals surface area contributed by atoms with Crippen LogP contribution in [0.25, 0.3) is 43.8 Å². The number of hydrogen-bond acceptors (Lipinski definition) is 4. The molecule has 3 aliphatic rings. The van der Waals surface area contributed by atoms with Gasteiger partial charge in [-0.25, -0.2) is 0 Å². The molecule has 0 saturated heterocycles. The summed E-state index contributed by atoms with van der Waals surface area (Å²) in [6, 6.07) is 64.4. The molecule has 3 aliphatic heterocycles.